The van der Waals surface area contributed by atoms with Crippen LogP contribution in [0.5, 0.6) is 5.75 Å². The first-order chi connectivity index (χ1) is 16.4. The molecule has 3 aromatic carbocycles. The van der Waals surface area contributed by atoms with Gasteiger partial charge in [0, 0.05) is 30.8 Å². The Bertz CT molecular complexity index is 1410. The number of fused-ring (bicyclic) bond motifs is 1. The minimum Gasteiger partial charge on any atom is -0.489 e. The standard InChI is InChI=1S/C24H20FN3O6/c25-17-5-1-4-16(12-17)15-33-20-7-2-6-18(13-20)26-23(29)8-3-11-27-21-10-9-19(28(31)32)14-22(21)34-24(27)30/h1-2,4-7,9-10,12-14H,3,8,11,15H2,(H,26,29). The minimum absolute atomic E-state index is 0.124. The Balaban J connectivity index is 1.31. The van der Waals surface area contributed by atoms with Gasteiger partial charge in [0.1, 0.15) is 18.2 Å². The van der Waals surface area contributed by atoms with Crippen molar-refractivity contribution in [3.63, 3.8) is 0 Å². The van der Waals surface area contributed by atoms with E-state index in [9.17, 15) is 24.1 Å². The second kappa shape index (κ2) is 9.99. The number of anilines is 1. The lowest BCUT2D eigenvalue weighted by molar-refractivity contribution is -0.384. The molecule has 1 heterocycles. The smallest absolute Gasteiger partial charge is 0.419 e. The molecule has 0 unspecified atom stereocenters. The van der Waals surface area contributed by atoms with Crippen molar-refractivity contribution < 1.29 is 23.3 Å². The number of carbonyl (C=O) groups is 1. The third-order valence-corrected chi connectivity index (χ3v) is 5.06. The largest absolute Gasteiger partial charge is 0.489 e. The summed E-state index contributed by atoms with van der Waals surface area (Å²) in [7, 11) is 0. The number of nitrogens with one attached hydrogen (secondary N) is 1. The number of benzene rings is 3. The number of nitro groups is 1. The molecule has 0 aliphatic carbocycles. The summed E-state index contributed by atoms with van der Waals surface area (Å²) in [4.78, 5) is 34.8. The summed E-state index contributed by atoms with van der Waals surface area (Å²) in [5.74, 6) is -0.709. The van der Waals surface area contributed by atoms with Crippen LogP contribution in [-0.4, -0.2) is 15.4 Å². The predicted octanol–water partition coefficient (Wildman–Crippen LogP) is 4.64. The van der Waals surface area contributed by atoms with Gasteiger partial charge in [0.25, 0.3) is 5.69 Å². The molecule has 0 radical (unpaired) electrons. The Morgan fingerprint density at radius 3 is 2.74 bits per heavy atom. The van der Waals surface area contributed by atoms with E-state index < -0.39 is 10.7 Å². The van der Waals surface area contributed by atoms with E-state index >= 15 is 0 Å². The highest BCUT2D eigenvalue weighted by molar-refractivity contribution is 5.90. The van der Waals surface area contributed by atoms with E-state index in [1.807, 2.05) is 0 Å². The summed E-state index contributed by atoms with van der Waals surface area (Å²) in [6, 6.07) is 16.9. The molecule has 0 bridgehead atoms. The highest BCUT2D eigenvalue weighted by atomic mass is 19.1. The minimum atomic E-state index is -0.640. The molecule has 4 rings (SSSR count). The lowest BCUT2D eigenvalue weighted by Gasteiger charge is -2.10. The molecule has 34 heavy (non-hydrogen) atoms. The van der Waals surface area contributed by atoms with Crippen molar-refractivity contribution in [2.24, 2.45) is 0 Å². The van der Waals surface area contributed by atoms with Crippen LogP contribution in [0.2, 0.25) is 0 Å². The summed E-state index contributed by atoms with van der Waals surface area (Å²) in [6.07, 6.45) is 0.494. The number of nitrogens with zero attached hydrogens (tertiary/aromatic N) is 2. The molecule has 0 atom stereocenters. The van der Waals surface area contributed by atoms with E-state index in [0.29, 0.717) is 28.9 Å². The SMILES string of the molecule is O=C(CCCn1c(=O)oc2cc([N+](=O)[O-])ccc21)Nc1cccc(OCc2cccc(F)c2)c1. The topological polar surface area (TPSA) is 117 Å². The normalized spacial score (nSPS) is 10.9. The lowest BCUT2D eigenvalue weighted by atomic mass is 10.2. The fourth-order valence-corrected chi connectivity index (χ4v) is 3.46. The summed E-state index contributed by atoms with van der Waals surface area (Å²) in [5.41, 5.74) is 1.61. The average Bonchev–Trinajstić information content (AvgIpc) is 3.12. The zero-order valence-electron chi connectivity index (χ0n) is 17.9. The maximum atomic E-state index is 13.3. The Morgan fingerprint density at radius 2 is 1.94 bits per heavy atom. The number of aryl methyl sites for hydroxylation is 1. The first kappa shape index (κ1) is 22.7. The van der Waals surface area contributed by atoms with E-state index in [1.54, 1.807) is 36.4 Å². The number of hydrogen-bond donors (Lipinski definition) is 1. The number of oxazole rings is 1. The van der Waals surface area contributed by atoms with Gasteiger partial charge in [-0.3, -0.25) is 19.5 Å². The predicted molar refractivity (Wildman–Crippen MR) is 122 cm³/mol. The van der Waals surface area contributed by atoms with Crippen molar-refractivity contribution >= 4 is 28.4 Å². The van der Waals surface area contributed by atoms with Gasteiger partial charge in [-0.15, -0.1) is 0 Å². The zero-order valence-corrected chi connectivity index (χ0v) is 17.9. The average molecular weight is 465 g/mol. The summed E-state index contributed by atoms with van der Waals surface area (Å²) in [5, 5.41) is 13.7. The highest BCUT2D eigenvalue weighted by Gasteiger charge is 2.14. The number of halogens is 1. The molecule has 1 aromatic heterocycles. The van der Waals surface area contributed by atoms with E-state index in [0.717, 1.165) is 0 Å². The van der Waals surface area contributed by atoms with Gasteiger partial charge in [0.05, 0.1) is 16.5 Å². The summed E-state index contributed by atoms with van der Waals surface area (Å²) < 4.78 is 25.4. The Labute approximate surface area is 192 Å². The van der Waals surface area contributed by atoms with Gasteiger partial charge in [0.2, 0.25) is 5.91 Å². The van der Waals surface area contributed by atoms with Gasteiger partial charge in [0.15, 0.2) is 5.58 Å². The van der Waals surface area contributed by atoms with Crippen molar-refractivity contribution in [2.45, 2.75) is 26.0 Å². The van der Waals surface area contributed by atoms with Crippen LogP contribution in [0.15, 0.2) is 75.9 Å². The third kappa shape index (κ3) is 5.47. The van der Waals surface area contributed by atoms with Crippen molar-refractivity contribution in [3.05, 3.63) is 98.8 Å². The molecule has 9 nitrogen and oxygen atoms in total. The van der Waals surface area contributed by atoms with E-state index in [-0.39, 0.29) is 42.6 Å². The number of amides is 1. The number of hydrogen-bond acceptors (Lipinski definition) is 6. The molecule has 0 fully saturated rings. The molecule has 174 valence electrons. The van der Waals surface area contributed by atoms with E-state index in [1.165, 1.54) is 34.9 Å². The molecule has 0 aliphatic heterocycles. The van der Waals surface area contributed by atoms with Gasteiger partial charge < -0.3 is 14.5 Å². The van der Waals surface area contributed by atoms with Crippen molar-refractivity contribution in [1.82, 2.24) is 4.57 Å². The first-order valence-corrected chi connectivity index (χ1v) is 10.4. The van der Waals surface area contributed by atoms with Gasteiger partial charge in [-0.1, -0.05) is 18.2 Å². The second-order valence-electron chi connectivity index (χ2n) is 7.53. The van der Waals surface area contributed by atoms with Crippen LogP contribution in [0.4, 0.5) is 15.8 Å². The molecule has 4 aromatic rings. The number of non-ortho nitro benzene ring substituents is 1. The van der Waals surface area contributed by atoms with Crippen LogP contribution >= 0.6 is 0 Å². The summed E-state index contributed by atoms with van der Waals surface area (Å²) in [6.45, 7) is 0.402. The highest BCUT2D eigenvalue weighted by Crippen LogP contribution is 2.21. The first-order valence-electron chi connectivity index (χ1n) is 10.4. The Hall–Kier alpha value is -4.47. The number of ether oxygens (including phenoxy) is 1. The lowest BCUT2D eigenvalue weighted by Crippen LogP contribution is -2.17. The molecule has 10 heteroatoms. The van der Waals surface area contributed by atoms with E-state index in [4.69, 9.17) is 9.15 Å². The number of nitro benzene ring substituents is 1. The third-order valence-electron chi connectivity index (χ3n) is 5.06. The number of rotatable bonds is 9. The summed E-state index contributed by atoms with van der Waals surface area (Å²) >= 11 is 0. The maximum Gasteiger partial charge on any atom is 0.419 e. The van der Waals surface area contributed by atoms with Gasteiger partial charge in [-0.05, 0) is 42.3 Å². The molecule has 0 saturated heterocycles. The zero-order chi connectivity index (χ0) is 24.1. The van der Waals surface area contributed by atoms with Gasteiger partial charge >= 0.3 is 5.76 Å². The second-order valence-corrected chi connectivity index (χ2v) is 7.53. The van der Waals surface area contributed by atoms with Crippen LogP contribution in [0.25, 0.3) is 11.1 Å². The molecule has 0 saturated carbocycles. The number of aromatic nitrogens is 1. The quantitative estimate of drug-likeness (QED) is 0.284. The van der Waals surface area contributed by atoms with E-state index in [2.05, 4.69) is 5.32 Å². The molecular formula is C24H20FN3O6. The Kier molecular flexibility index (Phi) is 6.67. The fraction of sp³-hybridized carbons (Fsp3) is 0.167. The number of carbonyl (C=O) groups excluding carboxylic acids is 1. The van der Waals surface area contributed by atoms with Crippen molar-refractivity contribution in [3.8, 4) is 5.75 Å². The monoisotopic (exact) mass is 465 g/mol. The molecular weight excluding hydrogens is 445 g/mol. The van der Waals surface area contributed by atoms with Crippen LogP contribution < -0.4 is 15.8 Å². The van der Waals surface area contributed by atoms with Crippen LogP contribution in [-0.2, 0) is 17.9 Å². The van der Waals surface area contributed by atoms with Gasteiger partial charge in [-0.2, -0.15) is 0 Å². The molecule has 0 aliphatic rings. The van der Waals surface area contributed by atoms with Crippen LogP contribution in [0.3, 0.4) is 0 Å². The molecule has 1 N–H and O–H groups in total. The van der Waals surface area contributed by atoms with Crippen LogP contribution in [0, 0.1) is 15.9 Å². The Morgan fingerprint density at radius 1 is 1.12 bits per heavy atom. The molecule has 0 spiro atoms. The van der Waals surface area contributed by atoms with Crippen molar-refractivity contribution in [1.29, 1.82) is 0 Å². The maximum absolute atomic E-state index is 13.3. The molecule has 1 amide bonds. The fourth-order valence-electron chi connectivity index (χ4n) is 3.46. The van der Waals surface area contributed by atoms with Gasteiger partial charge in [-0.25, -0.2) is 9.18 Å². The van der Waals surface area contributed by atoms with Crippen LogP contribution in [0.1, 0.15) is 18.4 Å². The van der Waals surface area contributed by atoms with Crippen molar-refractivity contribution in [2.75, 3.05) is 5.32 Å².